The molecular formula is C20H22Cl2N4O. The molecule has 0 unspecified atom stereocenters. The van der Waals surface area contributed by atoms with Crippen LogP contribution in [0.15, 0.2) is 48.5 Å². The Morgan fingerprint density at radius 2 is 1.85 bits per heavy atom. The van der Waals surface area contributed by atoms with Gasteiger partial charge in [-0.1, -0.05) is 59.6 Å². The van der Waals surface area contributed by atoms with E-state index in [1.165, 1.54) is 0 Å². The monoisotopic (exact) mass is 404 g/mol. The van der Waals surface area contributed by atoms with Crippen LogP contribution < -0.4 is 5.32 Å². The molecular weight excluding hydrogens is 383 g/mol. The van der Waals surface area contributed by atoms with Gasteiger partial charge in [-0.05, 0) is 30.7 Å². The molecule has 0 radical (unpaired) electrons. The lowest BCUT2D eigenvalue weighted by Crippen LogP contribution is -2.17. The maximum atomic E-state index is 6.12. The highest BCUT2D eigenvalue weighted by atomic mass is 35.5. The van der Waals surface area contributed by atoms with Crippen LogP contribution in [0.4, 0.5) is 0 Å². The second kappa shape index (κ2) is 9.85. The van der Waals surface area contributed by atoms with Crippen molar-refractivity contribution in [2.24, 2.45) is 0 Å². The number of benzene rings is 2. The van der Waals surface area contributed by atoms with Crippen LogP contribution >= 0.6 is 23.2 Å². The highest BCUT2D eigenvalue weighted by molar-refractivity contribution is 6.42. The number of rotatable bonds is 9. The first-order valence-corrected chi connectivity index (χ1v) is 9.56. The zero-order chi connectivity index (χ0) is 19.1. The molecule has 0 fully saturated rings. The topological polar surface area (TPSA) is 52.0 Å². The van der Waals surface area contributed by atoms with Gasteiger partial charge in [0.25, 0.3) is 0 Å². The highest BCUT2D eigenvalue weighted by Crippen LogP contribution is 2.24. The Bertz CT molecular complexity index is 868. The van der Waals surface area contributed by atoms with Crippen molar-refractivity contribution in [1.29, 1.82) is 0 Å². The maximum absolute atomic E-state index is 6.12. The van der Waals surface area contributed by atoms with E-state index >= 15 is 0 Å². The summed E-state index contributed by atoms with van der Waals surface area (Å²) < 4.78 is 5.08. The number of hydrogen-bond acceptors (Lipinski definition) is 4. The molecule has 142 valence electrons. The molecule has 0 saturated heterocycles. The van der Waals surface area contributed by atoms with E-state index in [-0.39, 0.29) is 0 Å². The summed E-state index contributed by atoms with van der Waals surface area (Å²) >= 11 is 12.1. The molecule has 0 spiro atoms. The Labute approximate surface area is 169 Å². The second-order valence-corrected chi connectivity index (χ2v) is 6.98. The van der Waals surface area contributed by atoms with Crippen molar-refractivity contribution in [3.05, 3.63) is 69.8 Å². The number of nitrogens with one attached hydrogen (secondary N) is 1. The zero-order valence-electron chi connectivity index (χ0n) is 15.2. The summed E-state index contributed by atoms with van der Waals surface area (Å²) in [6.45, 7) is 2.78. The van der Waals surface area contributed by atoms with Gasteiger partial charge in [0, 0.05) is 25.8 Å². The fraction of sp³-hybridized carbons (Fsp3) is 0.300. The van der Waals surface area contributed by atoms with Crippen LogP contribution in [0.5, 0.6) is 0 Å². The third-order valence-corrected chi connectivity index (χ3v) is 4.81. The summed E-state index contributed by atoms with van der Waals surface area (Å²) in [7, 11) is 1.71. The standard InChI is InChI=1S/C20H22Cl2N4O/c1-27-11-5-10-23-13-19-20(16-6-3-2-4-7-16)25-26(24-19)14-15-8-9-17(21)18(22)12-15/h2-4,6-9,12,23H,5,10-11,13-14H2,1H3. The largest absolute Gasteiger partial charge is 0.385 e. The lowest BCUT2D eigenvalue weighted by molar-refractivity contribution is 0.194. The van der Waals surface area contributed by atoms with Gasteiger partial charge in [-0.3, -0.25) is 0 Å². The maximum Gasteiger partial charge on any atom is 0.117 e. The Hall–Kier alpha value is -1.92. The van der Waals surface area contributed by atoms with Crippen molar-refractivity contribution in [1.82, 2.24) is 20.3 Å². The first-order chi connectivity index (χ1) is 13.2. The first-order valence-electron chi connectivity index (χ1n) is 8.80. The number of halogens is 2. The van der Waals surface area contributed by atoms with Gasteiger partial charge < -0.3 is 10.1 Å². The second-order valence-electron chi connectivity index (χ2n) is 6.16. The van der Waals surface area contributed by atoms with E-state index in [4.69, 9.17) is 33.0 Å². The molecule has 0 bridgehead atoms. The molecule has 3 rings (SSSR count). The summed E-state index contributed by atoms with van der Waals surface area (Å²) in [5.41, 5.74) is 3.85. The minimum absolute atomic E-state index is 0.528. The van der Waals surface area contributed by atoms with Crippen molar-refractivity contribution in [2.45, 2.75) is 19.5 Å². The van der Waals surface area contributed by atoms with Crippen LogP contribution in [0.3, 0.4) is 0 Å². The molecule has 3 aromatic rings. The predicted octanol–water partition coefficient (Wildman–Crippen LogP) is 4.43. The van der Waals surface area contributed by atoms with E-state index in [1.807, 2.05) is 42.5 Å². The van der Waals surface area contributed by atoms with Gasteiger partial charge >= 0.3 is 0 Å². The fourth-order valence-corrected chi connectivity index (χ4v) is 3.06. The summed E-state index contributed by atoms with van der Waals surface area (Å²) in [6, 6.07) is 15.7. The van der Waals surface area contributed by atoms with Gasteiger partial charge in [-0.15, -0.1) is 0 Å². The summed E-state index contributed by atoms with van der Waals surface area (Å²) in [5.74, 6) is 0. The van der Waals surface area contributed by atoms with E-state index in [9.17, 15) is 0 Å². The summed E-state index contributed by atoms with van der Waals surface area (Å²) in [5, 5.41) is 13.9. The molecule has 7 heteroatoms. The van der Waals surface area contributed by atoms with Gasteiger partial charge in [0.2, 0.25) is 0 Å². The van der Waals surface area contributed by atoms with Crippen molar-refractivity contribution in [3.8, 4) is 11.3 Å². The normalized spacial score (nSPS) is 11.1. The predicted molar refractivity (Wildman–Crippen MR) is 109 cm³/mol. The highest BCUT2D eigenvalue weighted by Gasteiger charge is 2.13. The first kappa shape index (κ1) is 19.8. The Morgan fingerprint density at radius 3 is 2.59 bits per heavy atom. The fourth-order valence-electron chi connectivity index (χ4n) is 2.74. The number of hydrogen-bond donors (Lipinski definition) is 1. The Kier molecular flexibility index (Phi) is 7.24. The molecule has 1 aromatic heterocycles. The molecule has 1 heterocycles. The third-order valence-electron chi connectivity index (χ3n) is 4.07. The van der Waals surface area contributed by atoms with Crippen LogP contribution in [0.1, 0.15) is 17.7 Å². The average Bonchev–Trinajstić information content (AvgIpc) is 3.08. The van der Waals surface area contributed by atoms with E-state index in [0.29, 0.717) is 23.1 Å². The smallest absolute Gasteiger partial charge is 0.117 e. The van der Waals surface area contributed by atoms with E-state index < -0.39 is 0 Å². The number of aromatic nitrogens is 3. The minimum atomic E-state index is 0.528. The molecule has 2 aromatic carbocycles. The third kappa shape index (κ3) is 5.53. The van der Waals surface area contributed by atoms with Crippen LogP contribution in [-0.2, 0) is 17.8 Å². The van der Waals surface area contributed by atoms with Crippen molar-refractivity contribution < 1.29 is 4.74 Å². The molecule has 0 amide bonds. The van der Waals surface area contributed by atoms with Crippen LogP contribution in [0.2, 0.25) is 10.0 Å². The molecule has 0 saturated carbocycles. The molecule has 0 aliphatic heterocycles. The minimum Gasteiger partial charge on any atom is -0.385 e. The number of ether oxygens (including phenoxy) is 1. The molecule has 5 nitrogen and oxygen atoms in total. The van der Waals surface area contributed by atoms with Gasteiger partial charge in [0.15, 0.2) is 0 Å². The van der Waals surface area contributed by atoms with Crippen molar-refractivity contribution in [3.63, 3.8) is 0 Å². The van der Waals surface area contributed by atoms with Crippen LogP contribution in [-0.4, -0.2) is 35.3 Å². The molecule has 1 N–H and O–H groups in total. The quantitative estimate of drug-likeness (QED) is 0.536. The zero-order valence-corrected chi connectivity index (χ0v) is 16.7. The molecule has 0 aliphatic rings. The summed E-state index contributed by atoms with van der Waals surface area (Å²) in [6.07, 6.45) is 0.953. The Morgan fingerprint density at radius 1 is 1.04 bits per heavy atom. The number of methoxy groups -OCH3 is 1. The number of nitrogens with zero attached hydrogens (tertiary/aromatic N) is 3. The molecule has 27 heavy (non-hydrogen) atoms. The van der Waals surface area contributed by atoms with Crippen molar-refractivity contribution in [2.75, 3.05) is 20.3 Å². The van der Waals surface area contributed by atoms with Crippen LogP contribution in [0.25, 0.3) is 11.3 Å². The van der Waals surface area contributed by atoms with E-state index in [1.54, 1.807) is 18.0 Å². The van der Waals surface area contributed by atoms with Crippen LogP contribution in [0, 0.1) is 0 Å². The van der Waals surface area contributed by atoms with Gasteiger partial charge in [0.1, 0.15) is 11.4 Å². The van der Waals surface area contributed by atoms with Gasteiger partial charge in [-0.25, -0.2) is 0 Å². The van der Waals surface area contributed by atoms with Gasteiger partial charge in [-0.2, -0.15) is 15.0 Å². The lowest BCUT2D eigenvalue weighted by atomic mass is 10.1. The Balaban J connectivity index is 1.79. The molecule has 0 atom stereocenters. The van der Waals surface area contributed by atoms with E-state index in [2.05, 4.69) is 10.4 Å². The lowest BCUT2D eigenvalue weighted by Gasteiger charge is -2.04. The van der Waals surface area contributed by atoms with E-state index in [0.717, 1.165) is 42.1 Å². The van der Waals surface area contributed by atoms with Gasteiger partial charge in [0.05, 0.1) is 16.6 Å². The summed E-state index contributed by atoms with van der Waals surface area (Å²) in [4.78, 5) is 1.70. The average molecular weight is 405 g/mol. The SMILES string of the molecule is COCCCNCc1nn(Cc2ccc(Cl)c(Cl)c2)nc1-c1ccccc1. The van der Waals surface area contributed by atoms with Crippen molar-refractivity contribution >= 4 is 23.2 Å². The molecule has 0 aliphatic carbocycles.